The van der Waals surface area contributed by atoms with Crippen LogP contribution in [-0.4, -0.2) is 28.9 Å². The molecule has 0 amide bonds. The predicted octanol–water partition coefficient (Wildman–Crippen LogP) is 7.60. The van der Waals surface area contributed by atoms with Gasteiger partial charge < -0.3 is 11.1 Å². The minimum absolute atomic E-state index is 0.375. The Morgan fingerprint density at radius 1 is 1.22 bits per heavy atom. The topological polar surface area (TPSA) is 63.8 Å². The molecule has 0 saturated carbocycles. The number of hydrogen-bond acceptors (Lipinski definition) is 5. The number of halogens is 2. The van der Waals surface area contributed by atoms with E-state index >= 15 is 0 Å². The highest BCUT2D eigenvalue weighted by Crippen LogP contribution is 2.30. The van der Waals surface area contributed by atoms with Gasteiger partial charge in [-0.1, -0.05) is 55.5 Å². The monoisotopic (exact) mass is 476 g/mol. The fourth-order valence-corrected chi connectivity index (χ4v) is 3.06. The van der Waals surface area contributed by atoms with Crippen LogP contribution in [0.5, 0.6) is 0 Å². The van der Waals surface area contributed by atoms with Gasteiger partial charge in [0.2, 0.25) is 0 Å². The van der Waals surface area contributed by atoms with Crippen molar-refractivity contribution >= 4 is 38.8 Å². The second kappa shape index (κ2) is 18.1. The van der Waals surface area contributed by atoms with Crippen molar-refractivity contribution in [1.82, 2.24) is 9.97 Å². The lowest BCUT2D eigenvalue weighted by Crippen LogP contribution is -2.12. The van der Waals surface area contributed by atoms with Crippen LogP contribution in [0.15, 0.2) is 79.6 Å². The zero-order chi connectivity index (χ0) is 24.4. The first-order valence-electron chi connectivity index (χ1n) is 10.3. The van der Waals surface area contributed by atoms with Gasteiger partial charge in [-0.2, -0.15) is 0 Å². The van der Waals surface area contributed by atoms with Crippen LogP contribution in [0.1, 0.15) is 27.7 Å². The van der Waals surface area contributed by atoms with Crippen molar-refractivity contribution in [3.05, 3.63) is 79.6 Å². The van der Waals surface area contributed by atoms with E-state index in [-0.39, 0.29) is 5.83 Å². The summed E-state index contributed by atoms with van der Waals surface area (Å²) >= 11 is 6.71. The Hall–Kier alpha value is -2.54. The summed E-state index contributed by atoms with van der Waals surface area (Å²) < 4.78 is 11.7. The largest absolute Gasteiger partial charge is 0.360 e. The summed E-state index contributed by atoms with van der Waals surface area (Å²) in [6, 6.07) is 8.37. The van der Waals surface area contributed by atoms with E-state index in [2.05, 4.69) is 46.6 Å². The smallest absolute Gasteiger partial charge is 0.183 e. The molecule has 1 aromatic carbocycles. The zero-order valence-electron chi connectivity index (χ0n) is 19.4. The van der Waals surface area contributed by atoms with Gasteiger partial charge in [-0.3, -0.25) is 4.98 Å². The van der Waals surface area contributed by atoms with Crippen molar-refractivity contribution < 1.29 is 4.39 Å². The summed E-state index contributed by atoms with van der Waals surface area (Å²) in [5, 5.41) is 6.45. The normalized spacial score (nSPS) is 9.09. The van der Waals surface area contributed by atoms with Crippen molar-refractivity contribution in [2.75, 3.05) is 24.3 Å². The molecule has 0 atom stereocenters. The summed E-state index contributed by atoms with van der Waals surface area (Å²) in [7, 11) is 0. The molecule has 0 radical (unpaired) electrons. The fraction of sp³-hybridized carbons (Fsp3) is 0.280. The number of fused-ring (bicyclic) bond motifs is 1. The zero-order valence-corrected chi connectivity index (χ0v) is 20.9. The first kappa shape index (κ1) is 29.5. The molecule has 3 aromatic rings. The second-order valence-electron chi connectivity index (χ2n) is 6.29. The predicted molar refractivity (Wildman–Crippen MR) is 142 cm³/mol. The van der Waals surface area contributed by atoms with Gasteiger partial charge in [-0.15, -0.1) is 18.2 Å². The number of nitrogens with zero attached hydrogens (tertiary/aromatic N) is 2. The summed E-state index contributed by atoms with van der Waals surface area (Å²) in [5.41, 5.74) is 7.58. The maximum absolute atomic E-state index is 11.7. The van der Waals surface area contributed by atoms with Gasteiger partial charge in [0.05, 0.1) is 4.88 Å². The molecule has 7 heteroatoms. The lowest BCUT2D eigenvalue weighted by Gasteiger charge is -2.00. The minimum Gasteiger partial charge on any atom is -0.360 e. The highest BCUT2D eigenvalue weighted by atomic mass is 35.5. The fourth-order valence-electron chi connectivity index (χ4n) is 2.22. The van der Waals surface area contributed by atoms with E-state index in [9.17, 15) is 4.39 Å². The number of nitrogens with two attached hydrogens (primary N) is 1. The van der Waals surface area contributed by atoms with Crippen LogP contribution in [0, 0.1) is 0 Å². The number of anilines is 1. The van der Waals surface area contributed by atoms with Crippen LogP contribution in [0.2, 0.25) is 0 Å². The Labute approximate surface area is 200 Å². The molecule has 3 N–H and O–H groups in total. The van der Waals surface area contributed by atoms with Crippen molar-refractivity contribution in [3.63, 3.8) is 0 Å². The molecule has 0 saturated heterocycles. The average molecular weight is 477 g/mol. The van der Waals surface area contributed by atoms with Crippen LogP contribution in [0.3, 0.4) is 0 Å². The number of nitrogens with one attached hydrogen (secondary N) is 1. The van der Waals surface area contributed by atoms with Gasteiger partial charge in [0.1, 0.15) is 5.83 Å². The molecule has 0 aliphatic carbocycles. The molecule has 174 valence electrons. The quantitative estimate of drug-likeness (QED) is 0.218. The van der Waals surface area contributed by atoms with E-state index in [0.717, 1.165) is 27.5 Å². The Morgan fingerprint density at radius 2 is 1.91 bits per heavy atom. The van der Waals surface area contributed by atoms with E-state index in [4.69, 9.17) is 17.3 Å². The molecule has 0 aliphatic heterocycles. The average Bonchev–Trinajstić information content (AvgIpc) is 3.27. The van der Waals surface area contributed by atoms with Crippen LogP contribution < -0.4 is 11.1 Å². The van der Waals surface area contributed by atoms with Gasteiger partial charge in [0.15, 0.2) is 5.13 Å². The number of rotatable bonds is 6. The van der Waals surface area contributed by atoms with Crippen LogP contribution in [0.25, 0.3) is 21.2 Å². The van der Waals surface area contributed by atoms with Crippen LogP contribution >= 0.6 is 22.9 Å². The third kappa shape index (κ3) is 12.3. The molecule has 0 fully saturated rings. The standard InChI is InChI=1S/C14H14N4S.C6H9F.C3H5Cl.C2H6/c15-4-6-17-14-18-9-13(19-14)11-1-2-12-8-16-5-3-10(12)7-11;1-5(2)4-6(3)7;1-2-3-4;1-2/h1-3,5,7-9H,4,6,15H2,(H,17,18);4H,3H2,1-2H3;2H,1,3H2;1-2H3. The van der Waals surface area contributed by atoms with Gasteiger partial charge in [0.25, 0.3) is 0 Å². The molecule has 3 rings (SSSR count). The second-order valence-corrected chi connectivity index (χ2v) is 7.63. The number of benzene rings is 1. The van der Waals surface area contributed by atoms with E-state index in [1.54, 1.807) is 17.4 Å². The Morgan fingerprint density at radius 3 is 2.44 bits per heavy atom. The maximum Gasteiger partial charge on any atom is 0.183 e. The molecule has 0 unspecified atom stereocenters. The van der Waals surface area contributed by atoms with E-state index in [1.165, 1.54) is 17.0 Å². The van der Waals surface area contributed by atoms with Gasteiger partial charge >= 0.3 is 0 Å². The van der Waals surface area contributed by atoms with Gasteiger partial charge in [-0.05, 0) is 43.0 Å². The Kier molecular flexibility index (Phi) is 16.6. The first-order valence-corrected chi connectivity index (χ1v) is 11.7. The van der Waals surface area contributed by atoms with Crippen molar-refractivity contribution in [2.24, 2.45) is 5.73 Å². The third-order valence-electron chi connectivity index (χ3n) is 3.41. The van der Waals surface area contributed by atoms with E-state index in [0.29, 0.717) is 12.4 Å². The number of alkyl halides is 1. The highest BCUT2D eigenvalue weighted by molar-refractivity contribution is 7.18. The molecule has 4 nitrogen and oxygen atoms in total. The molecule has 32 heavy (non-hydrogen) atoms. The summed E-state index contributed by atoms with van der Waals surface area (Å²) in [6.07, 6.45) is 8.61. The number of aromatic nitrogens is 2. The lowest BCUT2D eigenvalue weighted by atomic mass is 10.1. The summed E-state index contributed by atoms with van der Waals surface area (Å²) in [5.74, 6) is 0.181. The summed E-state index contributed by atoms with van der Waals surface area (Å²) in [6.45, 7) is 15.4. The van der Waals surface area contributed by atoms with Gasteiger partial charge in [0, 0.05) is 42.9 Å². The molecule has 2 heterocycles. The van der Waals surface area contributed by atoms with Crippen LogP contribution in [-0.2, 0) is 0 Å². The van der Waals surface area contributed by atoms with Crippen LogP contribution in [0.4, 0.5) is 9.52 Å². The number of hydrogen-bond donors (Lipinski definition) is 2. The molecule has 0 aliphatic rings. The number of allylic oxidation sites excluding steroid dienone is 4. The van der Waals surface area contributed by atoms with E-state index < -0.39 is 0 Å². The highest BCUT2D eigenvalue weighted by Gasteiger charge is 2.05. The molecule has 0 spiro atoms. The van der Waals surface area contributed by atoms with Gasteiger partial charge in [-0.25, -0.2) is 9.37 Å². The Balaban J connectivity index is 0.000000619. The summed E-state index contributed by atoms with van der Waals surface area (Å²) in [4.78, 5) is 9.62. The Bertz CT molecular complexity index is 965. The SMILES string of the molecule is C=C(F)C=C(C)C.C=CCCl.CC.NCCNc1ncc(-c2ccc3cnccc3c2)s1. The lowest BCUT2D eigenvalue weighted by molar-refractivity contribution is 0.669. The minimum atomic E-state index is -0.375. The first-order chi connectivity index (χ1) is 15.4. The van der Waals surface area contributed by atoms with Crippen molar-refractivity contribution in [1.29, 1.82) is 0 Å². The van der Waals surface area contributed by atoms with E-state index in [1.807, 2.05) is 52.4 Å². The third-order valence-corrected chi connectivity index (χ3v) is 4.63. The number of pyridine rings is 1. The van der Waals surface area contributed by atoms with Crippen molar-refractivity contribution in [2.45, 2.75) is 27.7 Å². The number of thiazole rings is 1. The molecular formula is C25H34ClFN4S. The molecule has 2 aromatic heterocycles. The maximum atomic E-state index is 11.7. The molecular weight excluding hydrogens is 443 g/mol. The van der Waals surface area contributed by atoms with Crippen molar-refractivity contribution in [3.8, 4) is 10.4 Å². The molecule has 0 bridgehead atoms.